The molecule has 3 N–H and O–H groups in total. The fraction of sp³-hybridized carbons (Fsp3) is 0.750. The summed E-state index contributed by atoms with van der Waals surface area (Å²) >= 11 is 1.62. The number of aromatic nitrogens is 2. The molecule has 1 saturated carbocycles. The molecule has 0 radical (unpaired) electrons. The van der Waals surface area contributed by atoms with Crippen LogP contribution in [0.3, 0.4) is 0 Å². The van der Waals surface area contributed by atoms with Gasteiger partial charge in [-0.3, -0.25) is 5.10 Å². The Balaban J connectivity index is 2.09. The number of hydrogen-bond acceptors (Lipinski definition) is 5. The molecule has 1 atom stereocenters. The lowest BCUT2D eigenvalue weighted by Gasteiger charge is -2.10. The third kappa shape index (κ3) is 3.97. The number of nitrogens with one attached hydrogen (secondary N) is 3. The van der Waals surface area contributed by atoms with Crippen LogP contribution in [0.25, 0.3) is 0 Å². The molecule has 0 bridgehead atoms. The quantitative estimate of drug-likeness (QED) is 0.666. The second kappa shape index (κ2) is 6.46. The number of hydrogen-bond donors (Lipinski definition) is 3. The minimum atomic E-state index is -3.55. The molecule has 0 amide bonds. The van der Waals surface area contributed by atoms with E-state index in [4.69, 9.17) is 0 Å². The highest BCUT2D eigenvalue weighted by atomic mass is 32.2. The summed E-state index contributed by atoms with van der Waals surface area (Å²) in [6.45, 7) is 4.78. The van der Waals surface area contributed by atoms with Gasteiger partial charge in [0.15, 0.2) is 5.03 Å². The molecule has 0 aromatic carbocycles. The predicted molar refractivity (Wildman–Crippen MR) is 81.4 cm³/mol. The Hall–Kier alpha value is -0.570. The van der Waals surface area contributed by atoms with Gasteiger partial charge < -0.3 is 5.32 Å². The van der Waals surface area contributed by atoms with E-state index in [0.717, 1.165) is 11.3 Å². The molecule has 20 heavy (non-hydrogen) atoms. The zero-order valence-corrected chi connectivity index (χ0v) is 13.7. The summed E-state index contributed by atoms with van der Waals surface area (Å²) in [5.41, 5.74) is 1.54. The smallest absolute Gasteiger partial charge is 0.260 e. The van der Waals surface area contributed by atoms with Crippen LogP contribution in [0, 0.1) is 6.92 Å². The molecule has 1 aliphatic carbocycles. The number of nitrogens with zero attached hydrogens (tertiary/aromatic N) is 1. The van der Waals surface area contributed by atoms with Gasteiger partial charge in [0.05, 0.1) is 0 Å². The monoisotopic (exact) mass is 318 g/mol. The van der Waals surface area contributed by atoms with E-state index in [9.17, 15) is 8.42 Å². The van der Waals surface area contributed by atoms with Gasteiger partial charge >= 0.3 is 0 Å². The van der Waals surface area contributed by atoms with Crippen LogP contribution in [-0.2, 0) is 16.6 Å². The molecule has 1 aromatic heterocycles. The van der Waals surface area contributed by atoms with Crippen molar-refractivity contribution in [1.29, 1.82) is 0 Å². The minimum Gasteiger partial charge on any atom is -0.310 e. The van der Waals surface area contributed by atoms with Crippen LogP contribution in [-0.4, -0.2) is 42.7 Å². The van der Waals surface area contributed by atoms with Crippen LogP contribution in [0.15, 0.2) is 5.03 Å². The van der Waals surface area contributed by atoms with Gasteiger partial charge in [-0.2, -0.15) is 16.9 Å². The molecule has 1 aliphatic rings. The van der Waals surface area contributed by atoms with Gasteiger partial charge in [0.2, 0.25) is 0 Å². The second-order valence-electron chi connectivity index (χ2n) is 5.19. The van der Waals surface area contributed by atoms with Crippen molar-refractivity contribution in [2.45, 2.75) is 49.6 Å². The first-order chi connectivity index (χ1) is 9.44. The zero-order chi connectivity index (χ0) is 14.8. The second-order valence-corrected chi connectivity index (χ2v) is 8.14. The van der Waals surface area contributed by atoms with Gasteiger partial charge in [-0.15, -0.1) is 0 Å². The summed E-state index contributed by atoms with van der Waals surface area (Å²) in [7, 11) is -3.55. The summed E-state index contributed by atoms with van der Waals surface area (Å²) in [5.74, 6) is 0. The molecule has 114 valence electrons. The standard InChI is InChI=1S/C12H22N4O2S2/c1-8(19-3)6-14-20(17,18)12-11(9(2)15-16-12)7-13-10-4-5-10/h8,10,13-14H,4-7H2,1-3H3,(H,15,16). The summed E-state index contributed by atoms with van der Waals surface area (Å²) in [6.07, 6.45) is 4.30. The first kappa shape index (κ1) is 15.8. The average Bonchev–Trinajstić information content (AvgIpc) is 3.16. The topological polar surface area (TPSA) is 86.9 Å². The fourth-order valence-corrected chi connectivity index (χ4v) is 3.45. The highest BCUT2D eigenvalue weighted by Crippen LogP contribution is 2.22. The van der Waals surface area contributed by atoms with Gasteiger partial charge in [0.25, 0.3) is 10.0 Å². The first-order valence-corrected chi connectivity index (χ1v) is 9.51. The van der Waals surface area contributed by atoms with Crippen molar-refractivity contribution < 1.29 is 8.42 Å². The first-order valence-electron chi connectivity index (χ1n) is 6.73. The van der Waals surface area contributed by atoms with Gasteiger partial charge in [0.1, 0.15) is 0 Å². The van der Waals surface area contributed by atoms with E-state index in [2.05, 4.69) is 20.2 Å². The van der Waals surface area contributed by atoms with E-state index in [1.54, 1.807) is 11.8 Å². The Morgan fingerprint density at radius 1 is 1.50 bits per heavy atom. The van der Waals surface area contributed by atoms with Crippen molar-refractivity contribution in [3.8, 4) is 0 Å². The number of H-pyrrole nitrogens is 1. The maximum Gasteiger partial charge on any atom is 0.260 e. The zero-order valence-electron chi connectivity index (χ0n) is 12.1. The maximum absolute atomic E-state index is 12.3. The summed E-state index contributed by atoms with van der Waals surface area (Å²) in [5, 5.41) is 10.4. The lowest BCUT2D eigenvalue weighted by Crippen LogP contribution is -2.31. The van der Waals surface area contributed by atoms with Crippen LogP contribution in [0.4, 0.5) is 0 Å². The molecule has 8 heteroatoms. The molecule has 1 heterocycles. The number of sulfonamides is 1. The van der Waals surface area contributed by atoms with Crippen LogP contribution >= 0.6 is 11.8 Å². The molecule has 0 aliphatic heterocycles. The number of aryl methyl sites for hydroxylation is 1. The average molecular weight is 318 g/mol. The van der Waals surface area contributed by atoms with E-state index in [1.165, 1.54) is 12.8 Å². The summed E-state index contributed by atoms with van der Waals surface area (Å²) < 4.78 is 27.3. The third-order valence-corrected chi connectivity index (χ3v) is 5.76. The van der Waals surface area contributed by atoms with Gasteiger partial charge in [-0.25, -0.2) is 13.1 Å². The van der Waals surface area contributed by atoms with Crippen molar-refractivity contribution in [2.75, 3.05) is 12.8 Å². The molecule has 1 unspecified atom stereocenters. The Labute approximate surface area is 124 Å². The Morgan fingerprint density at radius 2 is 2.20 bits per heavy atom. The van der Waals surface area contributed by atoms with Crippen molar-refractivity contribution in [3.63, 3.8) is 0 Å². The molecule has 1 fully saturated rings. The van der Waals surface area contributed by atoms with Crippen molar-refractivity contribution in [1.82, 2.24) is 20.2 Å². The molecular formula is C12H22N4O2S2. The molecule has 1 aromatic rings. The normalized spacial score (nSPS) is 17.4. The summed E-state index contributed by atoms with van der Waals surface area (Å²) in [6, 6.07) is 0.532. The van der Waals surface area contributed by atoms with Crippen LogP contribution in [0.5, 0.6) is 0 Å². The molecule has 2 rings (SSSR count). The highest BCUT2D eigenvalue weighted by Gasteiger charge is 2.26. The van der Waals surface area contributed by atoms with E-state index in [-0.39, 0.29) is 10.3 Å². The van der Waals surface area contributed by atoms with Crippen LogP contribution in [0.1, 0.15) is 31.0 Å². The molecule has 6 nitrogen and oxygen atoms in total. The van der Waals surface area contributed by atoms with Crippen LogP contribution in [0.2, 0.25) is 0 Å². The van der Waals surface area contributed by atoms with Crippen molar-refractivity contribution in [2.24, 2.45) is 0 Å². The molecule has 0 spiro atoms. The van der Waals surface area contributed by atoms with Gasteiger partial charge in [0, 0.05) is 35.6 Å². The third-order valence-electron chi connectivity index (χ3n) is 3.40. The van der Waals surface area contributed by atoms with E-state index in [1.807, 2.05) is 20.1 Å². The number of thioether (sulfide) groups is 1. The minimum absolute atomic E-state index is 0.122. The van der Waals surface area contributed by atoms with E-state index < -0.39 is 10.0 Å². The lowest BCUT2D eigenvalue weighted by molar-refractivity contribution is 0.573. The number of rotatable bonds is 8. The fourth-order valence-electron chi connectivity index (χ4n) is 1.77. The van der Waals surface area contributed by atoms with Crippen molar-refractivity contribution in [3.05, 3.63) is 11.3 Å². The molecular weight excluding hydrogens is 296 g/mol. The Bertz CT molecular complexity index is 552. The Morgan fingerprint density at radius 3 is 2.80 bits per heavy atom. The largest absolute Gasteiger partial charge is 0.310 e. The maximum atomic E-state index is 12.3. The van der Waals surface area contributed by atoms with E-state index in [0.29, 0.717) is 19.1 Å². The lowest BCUT2D eigenvalue weighted by atomic mass is 10.2. The van der Waals surface area contributed by atoms with Gasteiger partial charge in [-0.05, 0) is 26.0 Å². The van der Waals surface area contributed by atoms with Crippen molar-refractivity contribution >= 4 is 21.8 Å². The predicted octanol–water partition coefficient (Wildman–Crippen LogP) is 1.000. The Kier molecular flexibility index (Phi) is 5.11. The van der Waals surface area contributed by atoms with Crippen LogP contribution < -0.4 is 10.0 Å². The number of aromatic amines is 1. The SMILES string of the molecule is CSC(C)CNS(=O)(=O)c1n[nH]c(C)c1CNC1CC1. The van der Waals surface area contributed by atoms with Gasteiger partial charge in [-0.1, -0.05) is 6.92 Å². The highest BCUT2D eigenvalue weighted by molar-refractivity contribution is 7.99. The molecule has 0 saturated heterocycles. The summed E-state index contributed by atoms with van der Waals surface area (Å²) in [4.78, 5) is 0. The van der Waals surface area contributed by atoms with E-state index >= 15 is 0 Å².